The minimum absolute atomic E-state index is 0.218. The van der Waals surface area contributed by atoms with Crippen LogP contribution in [0.15, 0.2) is 24.5 Å². The van der Waals surface area contributed by atoms with Gasteiger partial charge >= 0.3 is 0 Å². The van der Waals surface area contributed by atoms with Crippen molar-refractivity contribution in [3.05, 3.63) is 41.5 Å². The summed E-state index contributed by atoms with van der Waals surface area (Å²) in [6, 6.07) is 6.07. The first-order chi connectivity index (χ1) is 10.2. The lowest BCUT2D eigenvalue weighted by Crippen LogP contribution is -2.07. The maximum absolute atomic E-state index is 13.8. The number of hydrogen-bond acceptors (Lipinski definition) is 6. The highest BCUT2D eigenvalue weighted by Gasteiger charge is 2.13. The zero-order valence-electron chi connectivity index (χ0n) is 11.6. The molecule has 0 aliphatic heterocycles. The van der Waals surface area contributed by atoms with Gasteiger partial charge in [-0.1, -0.05) is 0 Å². The van der Waals surface area contributed by atoms with E-state index in [-0.39, 0.29) is 17.8 Å². The standard InChI is InChI=1S/C14H13FN4O2/c1-20-13-10(14(21-2)19-8-18-13)7-17-12-4-3-9(6-16)5-11(12)15/h3-5,8,17H,7H2,1-2H3. The number of ether oxygens (including phenoxy) is 2. The average Bonchev–Trinajstić information content (AvgIpc) is 2.53. The van der Waals surface area contributed by atoms with Gasteiger partial charge in [-0.15, -0.1) is 0 Å². The van der Waals surface area contributed by atoms with Crippen LogP contribution in [-0.4, -0.2) is 24.2 Å². The van der Waals surface area contributed by atoms with Crippen LogP contribution in [0.4, 0.5) is 10.1 Å². The molecule has 1 aromatic carbocycles. The fraction of sp³-hybridized carbons (Fsp3) is 0.214. The summed E-state index contributed by atoms with van der Waals surface area (Å²) >= 11 is 0. The Morgan fingerprint density at radius 3 is 2.43 bits per heavy atom. The summed E-state index contributed by atoms with van der Waals surface area (Å²) < 4.78 is 24.1. The molecule has 0 amide bonds. The number of aromatic nitrogens is 2. The smallest absolute Gasteiger partial charge is 0.225 e. The molecule has 0 spiro atoms. The van der Waals surface area contributed by atoms with Gasteiger partial charge in [0.05, 0.1) is 43.6 Å². The van der Waals surface area contributed by atoms with Crippen molar-refractivity contribution in [3.8, 4) is 17.8 Å². The fourth-order valence-electron chi connectivity index (χ4n) is 1.80. The molecule has 2 aromatic rings. The van der Waals surface area contributed by atoms with Crippen LogP contribution in [0.3, 0.4) is 0 Å². The van der Waals surface area contributed by atoms with Crippen molar-refractivity contribution in [1.82, 2.24) is 9.97 Å². The maximum atomic E-state index is 13.8. The van der Waals surface area contributed by atoms with Crippen molar-refractivity contribution < 1.29 is 13.9 Å². The normalized spacial score (nSPS) is 9.81. The Morgan fingerprint density at radius 2 is 1.90 bits per heavy atom. The van der Waals surface area contributed by atoms with E-state index in [1.807, 2.05) is 6.07 Å². The second-order valence-electron chi connectivity index (χ2n) is 4.03. The summed E-state index contributed by atoms with van der Waals surface area (Å²) in [6.45, 7) is 0.218. The second-order valence-corrected chi connectivity index (χ2v) is 4.03. The van der Waals surface area contributed by atoms with Gasteiger partial charge < -0.3 is 14.8 Å². The number of rotatable bonds is 5. The van der Waals surface area contributed by atoms with E-state index in [0.29, 0.717) is 17.3 Å². The summed E-state index contributed by atoms with van der Waals surface area (Å²) in [6.07, 6.45) is 1.32. The highest BCUT2D eigenvalue weighted by Crippen LogP contribution is 2.25. The maximum Gasteiger partial charge on any atom is 0.225 e. The zero-order valence-corrected chi connectivity index (χ0v) is 11.6. The third-order valence-electron chi connectivity index (χ3n) is 2.81. The minimum Gasteiger partial charge on any atom is -0.481 e. The van der Waals surface area contributed by atoms with Crippen molar-refractivity contribution in [2.75, 3.05) is 19.5 Å². The first kappa shape index (κ1) is 14.5. The van der Waals surface area contributed by atoms with Crippen LogP contribution in [-0.2, 0) is 6.54 Å². The topological polar surface area (TPSA) is 80.1 Å². The molecule has 108 valence electrons. The van der Waals surface area contributed by atoms with Crippen LogP contribution in [0.5, 0.6) is 11.8 Å². The number of hydrogen-bond donors (Lipinski definition) is 1. The minimum atomic E-state index is -0.510. The Bertz CT molecular complexity index is 663. The van der Waals surface area contributed by atoms with Crippen LogP contribution < -0.4 is 14.8 Å². The third kappa shape index (κ3) is 3.17. The van der Waals surface area contributed by atoms with Crippen molar-refractivity contribution in [3.63, 3.8) is 0 Å². The molecular weight excluding hydrogens is 275 g/mol. The van der Waals surface area contributed by atoms with Crippen LogP contribution >= 0.6 is 0 Å². The Labute approximate surface area is 121 Å². The Balaban J connectivity index is 2.22. The predicted octanol–water partition coefficient (Wildman–Crippen LogP) is 2.12. The van der Waals surface area contributed by atoms with Crippen molar-refractivity contribution in [2.45, 2.75) is 6.54 Å². The molecule has 0 unspecified atom stereocenters. The summed E-state index contributed by atoms with van der Waals surface area (Å²) in [7, 11) is 2.96. The molecular formula is C14H13FN4O2. The fourth-order valence-corrected chi connectivity index (χ4v) is 1.80. The van der Waals surface area contributed by atoms with E-state index in [4.69, 9.17) is 14.7 Å². The Hall–Kier alpha value is -2.88. The Kier molecular flexibility index (Phi) is 4.51. The molecule has 0 saturated carbocycles. The lowest BCUT2D eigenvalue weighted by atomic mass is 10.2. The molecule has 0 fully saturated rings. The van der Waals surface area contributed by atoms with Crippen LogP contribution in [0.25, 0.3) is 0 Å². The molecule has 2 rings (SSSR count). The van der Waals surface area contributed by atoms with Crippen LogP contribution in [0.1, 0.15) is 11.1 Å². The van der Waals surface area contributed by atoms with Gasteiger partial charge in [-0.25, -0.2) is 14.4 Å². The Morgan fingerprint density at radius 1 is 1.24 bits per heavy atom. The number of nitriles is 1. The SMILES string of the molecule is COc1ncnc(OC)c1CNc1ccc(C#N)cc1F. The summed E-state index contributed by atoms with van der Waals surface area (Å²) in [4.78, 5) is 7.96. The first-order valence-electron chi connectivity index (χ1n) is 6.05. The molecule has 1 N–H and O–H groups in total. The van der Waals surface area contributed by atoms with Gasteiger partial charge in [0.2, 0.25) is 11.8 Å². The average molecular weight is 288 g/mol. The lowest BCUT2D eigenvalue weighted by molar-refractivity contribution is 0.363. The summed E-state index contributed by atoms with van der Waals surface area (Å²) in [5.74, 6) is 0.190. The number of halogens is 1. The molecule has 0 atom stereocenters. The molecule has 6 nitrogen and oxygen atoms in total. The number of methoxy groups -OCH3 is 2. The van der Waals surface area contributed by atoms with E-state index in [2.05, 4.69) is 15.3 Å². The highest BCUT2D eigenvalue weighted by molar-refractivity contribution is 5.50. The molecule has 0 radical (unpaired) electrons. The second kappa shape index (κ2) is 6.52. The summed E-state index contributed by atoms with van der Waals surface area (Å²) in [5.41, 5.74) is 1.10. The zero-order chi connectivity index (χ0) is 15.2. The van der Waals surface area contributed by atoms with Gasteiger partial charge in [0.15, 0.2) is 0 Å². The molecule has 0 bridgehead atoms. The van der Waals surface area contributed by atoms with Crippen molar-refractivity contribution in [1.29, 1.82) is 5.26 Å². The van der Waals surface area contributed by atoms with Gasteiger partial charge in [0, 0.05) is 0 Å². The molecule has 0 aliphatic rings. The number of nitrogens with one attached hydrogen (secondary N) is 1. The van der Waals surface area contributed by atoms with Crippen LogP contribution in [0.2, 0.25) is 0 Å². The van der Waals surface area contributed by atoms with Gasteiger partial charge in [-0.2, -0.15) is 5.26 Å². The van der Waals surface area contributed by atoms with E-state index >= 15 is 0 Å². The number of anilines is 1. The van der Waals surface area contributed by atoms with E-state index in [9.17, 15) is 4.39 Å². The highest BCUT2D eigenvalue weighted by atomic mass is 19.1. The first-order valence-corrected chi connectivity index (χ1v) is 6.05. The molecule has 7 heteroatoms. The quantitative estimate of drug-likeness (QED) is 0.907. The monoisotopic (exact) mass is 288 g/mol. The van der Waals surface area contributed by atoms with Gasteiger partial charge in [0.1, 0.15) is 12.1 Å². The summed E-state index contributed by atoms with van der Waals surface area (Å²) in [5, 5.41) is 11.6. The van der Waals surface area contributed by atoms with E-state index < -0.39 is 5.82 Å². The molecule has 1 aromatic heterocycles. The molecule has 0 saturated heterocycles. The molecule has 21 heavy (non-hydrogen) atoms. The van der Waals surface area contributed by atoms with Crippen molar-refractivity contribution >= 4 is 5.69 Å². The van der Waals surface area contributed by atoms with Gasteiger partial charge in [0.25, 0.3) is 0 Å². The number of nitrogens with zero attached hydrogens (tertiary/aromatic N) is 3. The predicted molar refractivity (Wildman–Crippen MR) is 73.6 cm³/mol. The molecule has 1 heterocycles. The van der Waals surface area contributed by atoms with E-state index in [1.165, 1.54) is 32.7 Å². The largest absolute Gasteiger partial charge is 0.481 e. The van der Waals surface area contributed by atoms with E-state index in [1.54, 1.807) is 0 Å². The van der Waals surface area contributed by atoms with Crippen LogP contribution in [0, 0.1) is 17.1 Å². The van der Waals surface area contributed by atoms with Gasteiger partial charge in [-0.05, 0) is 18.2 Å². The number of benzene rings is 1. The third-order valence-corrected chi connectivity index (χ3v) is 2.81. The van der Waals surface area contributed by atoms with Crippen molar-refractivity contribution in [2.24, 2.45) is 0 Å². The molecule has 0 aliphatic carbocycles. The van der Waals surface area contributed by atoms with Gasteiger partial charge in [-0.3, -0.25) is 0 Å². The lowest BCUT2D eigenvalue weighted by Gasteiger charge is -2.12. The van der Waals surface area contributed by atoms with E-state index in [0.717, 1.165) is 6.07 Å².